The van der Waals surface area contributed by atoms with Crippen molar-refractivity contribution < 1.29 is 14.3 Å². The first-order valence-electron chi connectivity index (χ1n) is 7.19. The third-order valence-electron chi connectivity index (χ3n) is 3.47. The molecule has 2 N–H and O–H groups in total. The Bertz CT molecular complexity index is 731. The third kappa shape index (κ3) is 3.81. The summed E-state index contributed by atoms with van der Waals surface area (Å²) in [5.41, 5.74) is 1.49. The molecule has 0 radical (unpaired) electrons. The van der Waals surface area contributed by atoms with Crippen LogP contribution in [0.25, 0.3) is 0 Å². The van der Waals surface area contributed by atoms with E-state index in [0.717, 1.165) is 5.56 Å². The van der Waals surface area contributed by atoms with E-state index in [2.05, 4.69) is 10.6 Å². The van der Waals surface area contributed by atoms with Crippen LogP contribution in [0.3, 0.4) is 0 Å². The minimum absolute atomic E-state index is 0.118. The highest BCUT2D eigenvalue weighted by Gasteiger charge is 2.27. The molecule has 0 aliphatic carbocycles. The van der Waals surface area contributed by atoms with E-state index in [0.29, 0.717) is 16.5 Å². The molecule has 2 aromatic rings. The number of hydrogen-bond donors (Lipinski definition) is 2. The molecule has 0 fully saturated rings. The third-order valence-corrected chi connectivity index (χ3v) is 3.72. The zero-order valence-electron chi connectivity index (χ0n) is 12.2. The van der Waals surface area contributed by atoms with E-state index in [1.165, 1.54) is 0 Å². The molecule has 5 nitrogen and oxygen atoms in total. The van der Waals surface area contributed by atoms with E-state index in [4.69, 9.17) is 16.3 Å². The Labute approximate surface area is 138 Å². The van der Waals surface area contributed by atoms with Gasteiger partial charge in [0.1, 0.15) is 5.75 Å². The normalized spacial score (nSPS) is 16.0. The number of fused-ring (bicyclic) bond motifs is 1. The molecule has 1 heterocycles. The molecule has 1 aliphatic rings. The lowest BCUT2D eigenvalue weighted by atomic mass is 10.1. The summed E-state index contributed by atoms with van der Waals surface area (Å²) in [6.07, 6.45) is -0.513. The van der Waals surface area contributed by atoms with Crippen LogP contribution in [-0.4, -0.2) is 24.5 Å². The average Bonchev–Trinajstić information content (AvgIpc) is 2.55. The number of carbonyl (C=O) groups is 2. The fourth-order valence-electron chi connectivity index (χ4n) is 2.28. The molecule has 0 bridgehead atoms. The minimum atomic E-state index is -0.737. The standard InChI is InChI=1S/C17H15ClN2O3/c18-12-7-5-11(6-8-12)9-16(21)19-10-15-17(22)20-13-3-1-2-4-14(13)23-15/h1-8,15H,9-10H2,(H,19,21)(H,20,22). The van der Waals surface area contributed by atoms with Crippen molar-refractivity contribution in [3.8, 4) is 5.75 Å². The van der Waals surface area contributed by atoms with Gasteiger partial charge in [-0.05, 0) is 29.8 Å². The lowest BCUT2D eigenvalue weighted by Crippen LogP contribution is -2.45. The van der Waals surface area contributed by atoms with Gasteiger partial charge in [0.25, 0.3) is 5.91 Å². The predicted octanol–water partition coefficient (Wildman–Crippen LogP) is 2.40. The average molecular weight is 331 g/mol. The van der Waals surface area contributed by atoms with Gasteiger partial charge in [0, 0.05) is 5.02 Å². The molecule has 2 amide bonds. The van der Waals surface area contributed by atoms with E-state index in [1.54, 1.807) is 36.4 Å². The topological polar surface area (TPSA) is 67.4 Å². The summed E-state index contributed by atoms with van der Waals surface area (Å²) in [5, 5.41) is 6.10. The Morgan fingerprint density at radius 2 is 1.91 bits per heavy atom. The van der Waals surface area contributed by atoms with Crippen molar-refractivity contribution in [2.45, 2.75) is 12.5 Å². The van der Waals surface area contributed by atoms with Gasteiger partial charge in [-0.15, -0.1) is 0 Å². The van der Waals surface area contributed by atoms with Crippen molar-refractivity contribution in [2.24, 2.45) is 0 Å². The van der Waals surface area contributed by atoms with E-state index in [9.17, 15) is 9.59 Å². The van der Waals surface area contributed by atoms with Gasteiger partial charge in [0.2, 0.25) is 5.91 Å². The largest absolute Gasteiger partial charge is 0.477 e. The maximum absolute atomic E-state index is 12.0. The van der Waals surface area contributed by atoms with Gasteiger partial charge in [-0.25, -0.2) is 0 Å². The first-order valence-corrected chi connectivity index (χ1v) is 7.57. The second kappa shape index (κ2) is 6.71. The molecule has 6 heteroatoms. The van der Waals surface area contributed by atoms with Crippen molar-refractivity contribution in [3.63, 3.8) is 0 Å². The van der Waals surface area contributed by atoms with Crippen molar-refractivity contribution in [2.75, 3.05) is 11.9 Å². The molecule has 2 aromatic carbocycles. The molecule has 0 saturated heterocycles. The van der Waals surface area contributed by atoms with Crippen LogP contribution < -0.4 is 15.4 Å². The number of rotatable bonds is 4. The second-order valence-electron chi connectivity index (χ2n) is 5.20. The van der Waals surface area contributed by atoms with Crippen LogP contribution in [0, 0.1) is 0 Å². The lowest BCUT2D eigenvalue weighted by Gasteiger charge is -2.25. The van der Waals surface area contributed by atoms with Gasteiger partial charge < -0.3 is 15.4 Å². The highest BCUT2D eigenvalue weighted by Crippen LogP contribution is 2.28. The van der Waals surface area contributed by atoms with Gasteiger partial charge in [0.05, 0.1) is 18.7 Å². The van der Waals surface area contributed by atoms with E-state index in [-0.39, 0.29) is 24.8 Å². The van der Waals surface area contributed by atoms with Gasteiger partial charge in [-0.2, -0.15) is 0 Å². The van der Waals surface area contributed by atoms with Crippen LogP contribution in [0.15, 0.2) is 48.5 Å². The van der Waals surface area contributed by atoms with E-state index in [1.807, 2.05) is 12.1 Å². The van der Waals surface area contributed by atoms with Gasteiger partial charge in [-0.1, -0.05) is 35.9 Å². The molecular formula is C17H15ClN2O3. The van der Waals surface area contributed by atoms with Crippen LogP contribution in [0.1, 0.15) is 5.56 Å². The van der Waals surface area contributed by atoms with E-state index >= 15 is 0 Å². The fourth-order valence-corrected chi connectivity index (χ4v) is 2.41. The molecule has 118 valence electrons. The van der Waals surface area contributed by atoms with Crippen LogP contribution in [0.4, 0.5) is 5.69 Å². The van der Waals surface area contributed by atoms with Gasteiger partial charge in [0.15, 0.2) is 6.10 Å². The maximum atomic E-state index is 12.0. The zero-order chi connectivity index (χ0) is 16.2. The molecule has 3 rings (SSSR count). The number of para-hydroxylation sites is 2. The lowest BCUT2D eigenvalue weighted by molar-refractivity contribution is -0.124. The number of carbonyl (C=O) groups excluding carboxylic acids is 2. The number of benzene rings is 2. The highest BCUT2D eigenvalue weighted by atomic mass is 35.5. The summed E-state index contributed by atoms with van der Waals surface area (Å²) in [6.45, 7) is 0.118. The number of amides is 2. The van der Waals surface area contributed by atoms with Crippen molar-refractivity contribution in [3.05, 3.63) is 59.1 Å². The zero-order valence-corrected chi connectivity index (χ0v) is 13.0. The number of ether oxygens (including phenoxy) is 1. The Morgan fingerprint density at radius 3 is 2.70 bits per heavy atom. The quantitative estimate of drug-likeness (QED) is 0.904. The number of anilines is 1. The molecule has 0 spiro atoms. The van der Waals surface area contributed by atoms with Gasteiger partial charge in [-0.3, -0.25) is 9.59 Å². The fraction of sp³-hybridized carbons (Fsp3) is 0.176. The first-order chi connectivity index (χ1) is 11.1. The van der Waals surface area contributed by atoms with Crippen molar-refractivity contribution >= 4 is 29.1 Å². The molecule has 1 aliphatic heterocycles. The molecule has 23 heavy (non-hydrogen) atoms. The highest BCUT2D eigenvalue weighted by molar-refractivity contribution is 6.30. The summed E-state index contributed by atoms with van der Waals surface area (Å²) in [6, 6.07) is 14.2. The van der Waals surface area contributed by atoms with Crippen molar-refractivity contribution in [1.29, 1.82) is 0 Å². The Morgan fingerprint density at radius 1 is 1.17 bits per heavy atom. The van der Waals surface area contributed by atoms with Gasteiger partial charge >= 0.3 is 0 Å². The summed E-state index contributed by atoms with van der Waals surface area (Å²) in [5.74, 6) is 0.155. The predicted molar refractivity (Wildman–Crippen MR) is 87.7 cm³/mol. The Kier molecular flexibility index (Phi) is 4.48. The van der Waals surface area contributed by atoms with Crippen LogP contribution in [-0.2, 0) is 16.0 Å². The number of hydrogen-bond acceptors (Lipinski definition) is 3. The monoisotopic (exact) mass is 330 g/mol. The minimum Gasteiger partial charge on any atom is -0.477 e. The SMILES string of the molecule is O=C(Cc1ccc(Cl)cc1)NCC1Oc2ccccc2NC1=O. The van der Waals surface area contributed by atoms with Crippen LogP contribution >= 0.6 is 11.6 Å². The Hall–Kier alpha value is -2.53. The second-order valence-corrected chi connectivity index (χ2v) is 5.64. The first kappa shape index (κ1) is 15.4. The smallest absolute Gasteiger partial charge is 0.267 e. The van der Waals surface area contributed by atoms with E-state index < -0.39 is 6.10 Å². The van der Waals surface area contributed by atoms with Crippen LogP contribution in [0.5, 0.6) is 5.75 Å². The van der Waals surface area contributed by atoms with Crippen LogP contribution in [0.2, 0.25) is 5.02 Å². The Balaban J connectivity index is 1.55. The molecule has 0 aromatic heterocycles. The molecule has 1 atom stereocenters. The summed E-state index contributed by atoms with van der Waals surface area (Å²) in [4.78, 5) is 23.9. The molecule has 1 unspecified atom stereocenters. The number of halogens is 1. The maximum Gasteiger partial charge on any atom is 0.267 e. The number of nitrogens with one attached hydrogen (secondary N) is 2. The summed E-state index contributed by atoms with van der Waals surface area (Å²) in [7, 11) is 0. The molecular weight excluding hydrogens is 316 g/mol. The van der Waals surface area contributed by atoms with Crippen molar-refractivity contribution in [1.82, 2.24) is 5.32 Å². The molecule has 0 saturated carbocycles. The summed E-state index contributed by atoms with van der Waals surface area (Å²) >= 11 is 5.81. The summed E-state index contributed by atoms with van der Waals surface area (Å²) < 4.78 is 5.62.